The van der Waals surface area contributed by atoms with E-state index in [2.05, 4.69) is 43.1 Å². The minimum atomic E-state index is 0.442. The fraction of sp³-hybridized carbons (Fsp3) is 0.647. The molecule has 114 valence electrons. The number of halogens is 1. The van der Waals surface area contributed by atoms with Gasteiger partial charge in [-0.05, 0) is 43.6 Å². The van der Waals surface area contributed by atoms with Crippen molar-refractivity contribution < 1.29 is 0 Å². The Kier molecular flexibility index (Phi) is 8.92. The van der Waals surface area contributed by atoms with E-state index in [-0.39, 0.29) is 0 Å². The molecule has 1 atom stereocenters. The van der Waals surface area contributed by atoms with E-state index in [4.69, 9.17) is 11.6 Å². The molecule has 1 aromatic carbocycles. The Labute approximate surface area is 129 Å². The summed E-state index contributed by atoms with van der Waals surface area (Å²) in [7, 11) is 0. The second-order valence-electron chi connectivity index (χ2n) is 5.28. The Hall–Kier alpha value is -0.570. The summed E-state index contributed by atoms with van der Waals surface area (Å²) in [6, 6.07) is 8.68. The number of benzene rings is 1. The first-order valence-electron chi connectivity index (χ1n) is 7.92. The molecule has 0 aliphatic heterocycles. The summed E-state index contributed by atoms with van der Waals surface area (Å²) in [6.07, 6.45) is 3.58. The number of hydrogen-bond donors (Lipinski definition) is 1. The molecule has 0 fully saturated rings. The number of nitrogens with one attached hydrogen (secondary N) is 1. The van der Waals surface area contributed by atoms with Gasteiger partial charge in [-0.2, -0.15) is 0 Å². The van der Waals surface area contributed by atoms with Crippen molar-refractivity contribution in [2.24, 2.45) is 0 Å². The Morgan fingerprint density at radius 3 is 2.30 bits per heavy atom. The molecule has 0 aliphatic rings. The van der Waals surface area contributed by atoms with Crippen LogP contribution in [0.1, 0.15) is 51.6 Å². The average molecular weight is 297 g/mol. The van der Waals surface area contributed by atoms with Crippen LogP contribution in [0.4, 0.5) is 0 Å². The van der Waals surface area contributed by atoms with E-state index in [1.54, 1.807) is 0 Å². The summed E-state index contributed by atoms with van der Waals surface area (Å²) in [5.41, 5.74) is 1.34. The molecular weight excluding hydrogens is 268 g/mol. The van der Waals surface area contributed by atoms with Gasteiger partial charge in [0.2, 0.25) is 0 Å². The Balaban J connectivity index is 2.48. The third-order valence-electron chi connectivity index (χ3n) is 3.66. The minimum absolute atomic E-state index is 0.442. The molecule has 0 aromatic heterocycles. The van der Waals surface area contributed by atoms with Crippen LogP contribution in [0.25, 0.3) is 0 Å². The smallest absolute Gasteiger partial charge is 0.0406 e. The Bertz CT molecular complexity index is 351. The predicted molar refractivity (Wildman–Crippen MR) is 89.5 cm³/mol. The molecular formula is C17H29ClN2. The van der Waals surface area contributed by atoms with Gasteiger partial charge in [-0.25, -0.2) is 0 Å². The lowest BCUT2D eigenvalue weighted by Crippen LogP contribution is -2.34. The average Bonchev–Trinajstić information content (AvgIpc) is 2.46. The fourth-order valence-electron chi connectivity index (χ4n) is 2.51. The van der Waals surface area contributed by atoms with Crippen LogP contribution in [0.2, 0.25) is 5.02 Å². The van der Waals surface area contributed by atoms with Crippen LogP contribution < -0.4 is 5.32 Å². The van der Waals surface area contributed by atoms with Crippen molar-refractivity contribution in [1.82, 2.24) is 10.2 Å². The minimum Gasteiger partial charge on any atom is -0.309 e. The molecule has 0 radical (unpaired) electrons. The van der Waals surface area contributed by atoms with Crippen LogP contribution in [-0.2, 0) is 0 Å². The zero-order chi connectivity index (χ0) is 14.8. The first-order chi connectivity index (χ1) is 9.71. The summed E-state index contributed by atoms with van der Waals surface area (Å²) in [5, 5.41) is 4.50. The van der Waals surface area contributed by atoms with E-state index in [0.29, 0.717) is 6.04 Å². The first kappa shape index (κ1) is 17.5. The van der Waals surface area contributed by atoms with Gasteiger partial charge in [0.05, 0.1) is 0 Å². The highest BCUT2D eigenvalue weighted by molar-refractivity contribution is 6.30. The van der Waals surface area contributed by atoms with E-state index in [1.807, 2.05) is 12.1 Å². The van der Waals surface area contributed by atoms with Crippen molar-refractivity contribution >= 4 is 11.6 Å². The number of likely N-dealkylation sites (N-methyl/N-ethyl adjacent to an activating group) is 1. The summed E-state index contributed by atoms with van der Waals surface area (Å²) in [5.74, 6) is 0. The zero-order valence-electron chi connectivity index (χ0n) is 13.2. The topological polar surface area (TPSA) is 15.3 Å². The van der Waals surface area contributed by atoms with E-state index in [9.17, 15) is 0 Å². The monoisotopic (exact) mass is 296 g/mol. The van der Waals surface area contributed by atoms with Gasteiger partial charge in [0.25, 0.3) is 0 Å². The maximum absolute atomic E-state index is 5.97. The van der Waals surface area contributed by atoms with Crippen molar-refractivity contribution in [3.63, 3.8) is 0 Å². The molecule has 1 aromatic rings. The van der Waals surface area contributed by atoms with Gasteiger partial charge in [-0.3, -0.25) is 0 Å². The Morgan fingerprint density at radius 2 is 1.75 bits per heavy atom. The summed E-state index contributed by atoms with van der Waals surface area (Å²) in [4.78, 5) is 2.50. The maximum Gasteiger partial charge on any atom is 0.0406 e. The normalized spacial score (nSPS) is 12.8. The van der Waals surface area contributed by atoms with Gasteiger partial charge in [-0.1, -0.05) is 50.9 Å². The maximum atomic E-state index is 5.97. The van der Waals surface area contributed by atoms with Crippen LogP contribution in [0.5, 0.6) is 0 Å². The third kappa shape index (κ3) is 6.25. The molecule has 0 saturated heterocycles. The molecule has 0 saturated carbocycles. The summed E-state index contributed by atoms with van der Waals surface area (Å²) >= 11 is 5.97. The second kappa shape index (κ2) is 10.2. The molecule has 1 N–H and O–H groups in total. The quantitative estimate of drug-likeness (QED) is 0.684. The van der Waals surface area contributed by atoms with Gasteiger partial charge >= 0.3 is 0 Å². The molecule has 3 heteroatoms. The van der Waals surface area contributed by atoms with Gasteiger partial charge in [-0.15, -0.1) is 0 Å². The van der Waals surface area contributed by atoms with Gasteiger partial charge < -0.3 is 10.2 Å². The van der Waals surface area contributed by atoms with Crippen LogP contribution in [0.3, 0.4) is 0 Å². The zero-order valence-corrected chi connectivity index (χ0v) is 13.9. The second-order valence-corrected chi connectivity index (χ2v) is 5.72. The fourth-order valence-corrected chi connectivity index (χ4v) is 2.64. The molecule has 0 aliphatic carbocycles. The SMILES string of the molecule is CCCC(NCCN(CC)CCC)c1ccc(Cl)cc1. The van der Waals surface area contributed by atoms with E-state index in [1.165, 1.54) is 31.4 Å². The number of rotatable bonds is 10. The van der Waals surface area contributed by atoms with Crippen LogP contribution >= 0.6 is 11.6 Å². The van der Waals surface area contributed by atoms with Gasteiger partial charge in [0.1, 0.15) is 0 Å². The molecule has 1 unspecified atom stereocenters. The van der Waals surface area contributed by atoms with Gasteiger partial charge in [0.15, 0.2) is 0 Å². The van der Waals surface area contributed by atoms with Crippen molar-refractivity contribution in [2.45, 2.75) is 46.1 Å². The van der Waals surface area contributed by atoms with Crippen molar-refractivity contribution in [1.29, 1.82) is 0 Å². The van der Waals surface area contributed by atoms with Gasteiger partial charge in [0, 0.05) is 24.2 Å². The van der Waals surface area contributed by atoms with Crippen molar-refractivity contribution in [3.05, 3.63) is 34.9 Å². The summed E-state index contributed by atoms with van der Waals surface area (Å²) in [6.45, 7) is 11.2. The Morgan fingerprint density at radius 1 is 1.05 bits per heavy atom. The molecule has 0 bridgehead atoms. The van der Waals surface area contributed by atoms with E-state index in [0.717, 1.165) is 24.7 Å². The predicted octanol–water partition coefficient (Wildman–Crippen LogP) is 4.50. The largest absolute Gasteiger partial charge is 0.309 e. The summed E-state index contributed by atoms with van der Waals surface area (Å²) < 4.78 is 0. The highest BCUT2D eigenvalue weighted by Gasteiger charge is 2.10. The third-order valence-corrected chi connectivity index (χ3v) is 3.91. The highest BCUT2D eigenvalue weighted by atomic mass is 35.5. The molecule has 20 heavy (non-hydrogen) atoms. The lowest BCUT2D eigenvalue weighted by molar-refractivity contribution is 0.281. The standard InChI is InChI=1S/C17H29ClN2/c1-4-7-17(15-8-10-16(18)11-9-15)19-12-14-20(6-3)13-5-2/h8-11,17,19H,4-7,12-14H2,1-3H3. The highest BCUT2D eigenvalue weighted by Crippen LogP contribution is 2.20. The molecule has 1 rings (SSSR count). The van der Waals surface area contributed by atoms with Crippen LogP contribution in [0.15, 0.2) is 24.3 Å². The first-order valence-corrected chi connectivity index (χ1v) is 8.30. The number of hydrogen-bond acceptors (Lipinski definition) is 2. The molecule has 0 heterocycles. The van der Waals surface area contributed by atoms with Crippen LogP contribution in [0, 0.1) is 0 Å². The van der Waals surface area contributed by atoms with E-state index < -0.39 is 0 Å². The van der Waals surface area contributed by atoms with Crippen LogP contribution in [-0.4, -0.2) is 31.1 Å². The van der Waals surface area contributed by atoms with Crippen molar-refractivity contribution in [3.8, 4) is 0 Å². The molecule has 0 amide bonds. The van der Waals surface area contributed by atoms with E-state index >= 15 is 0 Å². The molecule has 0 spiro atoms. The molecule has 2 nitrogen and oxygen atoms in total. The van der Waals surface area contributed by atoms with Crippen molar-refractivity contribution in [2.75, 3.05) is 26.2 Å². The lowest BCUT2D eigenvalue weighted by Gasteiger charge is -2.23. The number of nitrogens with zero attached hydrogens (tertiary/aromatic N) is 1. The lowest BCUT2D eigenvalue weighted by atomic mass is 10.0.